The maximum Gasteiger partial charge on any atom is 0.294 e. The van der Waals surface area contributed by atoms with E-state index in [1.54, 1.807) is 11.9 Å². The lowest BCUT2D eigenvalue weighted by Gasteiger charge is -2.19. The van der Waals surface area contributed by atoms with E-state index >= 15 is 0 Å². The summed E-state index contributed by atoms with van der Waals surface area (Å²) in [6, 6.07) is 4.17. The van der Waals surface area contributed by atoms with Gasteiger partial charge in [-0.25, -0.2) is 0 Å². The monoisotopic (exact) mass is 266 g/mol. The third-order valence-corrected chi connectivity index (χ3v) is 2.58. The third kappa shape index (κ3) is 3.65. The van der Waals surface area contributed by atoms with E-state index in [0.717, 1.165) is 0 Å². The molecule has 0 aliphatic rings. The third-order valence-electron chi connectivity index (χ3n) is 2.58. The van der Waals surface area contributed by atoms with Crippen molar-refractivity contribution in [3.63, 3.8) is 0 Å². The predicted molar refractivity (Wildman–Crippen MR) is 72.7 cm³/mol. The van der Waals surface area contributed by atoms with E-state index in [1.807, 2.05) is 13.8 Å². The van der Waals surface area contributed by atoms with Gasteiger partial charge >= 0.3 is 0 Å². The molecule has 0 aliphatic carbocycles. The fraction of sp³-hybridized carbons (Fsp3) is 0.417. The van der Waals surface area contributed by atoms with Crippen molar-refractivity contribution < 1.29 is 9.72 Å². The number of hydrogen-bond donors (Lipinski definition) is 2. The second-order valence-corrected chi connectivity index (χ2v) is 4.71. The molecule has 0 bridgehead atoms. The molecule has 1 aromatic rings. The zero-order chi connectivity index (χ0) is 14.6. The number of anilines is 1. The number of nitro groups is 1. The number of nitrogens with one attached hydrogen (secondary N) is 1. The van der Waals surface area contributed by atoms with E-state index in [2.05, 4.69) is 5.43 Å². The van der Waals surface area contributed by atoms with Gasteiger partial charge in [-0.2, -0.15) is 0 Å². The first-order valence-electron chi connectivity index (χ1n) is 5.87. The normalized spacial score (nSPS) is 10.4. The van der Waals surface area contributed by atoms with Crippen molar-refractivity contribution in [2.24, 2.45) is 11.8 Å². The van der Waals surface area contributed by atoms with E-state index in [-0.39, 0.29) is 22.8 Å². The summed E-state index contributed by atoms with van der Waals surface area (Å²) < 4.78 is 0. The van der Waals surface area contributed by atoms with Crippen LogP contribution in [0.4, 0.5) is 11.4 Å². The molecule has 0 heterocycles. The molecule has 19 heavy (non-hydrogen) atoms. The van der Waals surface area contributed by atoms with E-state index in [0.29, 0.717) is 12.5 Å². The van der Waals surface area contributed by atoms with Crippen LogP contribution in [-0.4, -0.2) is 29.3 Å². The van der Waals surface area contributed by atoms with Crippen molar-refractivity contribution in [3.05, 3.63) is 33.9 Å². The zero-order valence-corrected chi connectivity index (χ0v) is 11.2. The number of rotatable bonds is 5. The smallest absolute Gasteiger partial charge is 0.294 e. The largest absolute Gasteiger partial charge is 0.341 e. The Morgan fingerprint density at radius 2 is 2.16 bits per heavy atom. The Balaban J connectivity index is 3.05. The lowest BCUT2D eigenvalue weighted by molar-refractivity contribution is -0.384. The molecule has 0 saturated heterocycles. The quantitative estimate of drug-likeness (QED) is 0.479. The maximum absolute atomic E-state index is 12.1. The number of nitrogen functional groups attached to an aromatic ring is 1. The summed E-state index contributed by atoms with van der Waals surface area (Å²) in [5.74, 6) is 5.27. The summed E-state index contributed by atoms with van der Waals surface area (Å²) in [6.45, 7) is 4.57. The zero-order valence-electron chi connectivity index (χ0n) is 11.2. The summed E-state index contributed by atoms with van der Waals surface area (Å²) in [6.07, 6.45) is 0. The number of nitro benzene ring substituents is 1. The summed E-state index contributed by atoms with van der Waals surface area (Å²) in [5.41, 5.74) is 2.47. The first kappa shape index (κ1) is 14.9. The first-order valence-corrected chi connectivity index (χ1v) is 5.87. The van der Waals surface area contributed by atoms with Crippen LogP contribution < -0.4 is 11.3 Å². The minimum Gasteiger partial charge on any atom is -0.341 e. The molecule has 3 N–H and O–H groups in total. The number of nitrogens with two attached hydrogens (primary N) is 1. The second kappa shape index (κ2) is 6.14. The molecule has 0 unspecified atom stereocenters. The number of hydrogen-bond acceptors (Lipinski definition) is 5. The number of carbonyl (C=O) groups excluding carboxylic acids is 1. The van der Waals surface area contributed by atoms with Crippen molar-refractivity contribution in [2.75, 3.05) is 19.0 Å². The van der Waals surface area contributed by atoms with Crippen molar-refractivity contribution in [1.82, 2.24) is 4.90 Å². The van der Waals surface area contributed by atoms with Crippen LogP contribution in [0, 0.1) is 16.0 Å². The Hall–Kier alpha value is -2.15. The van der Waals surface area contributed by atoms with Gasteiger partial charge in [-0.15, -0.1) is 0 Å². The maximum atomic E-state index is 12.1. The topological polar surface area (TPSA) is 102 Å². The Morgan fingerprint density at radius 1 is 1.53 bits per heavy atom. The number of benzene rings is 1. The fourth-order valence-electron chi connectivity index (χ4n) is 1.79. The Bertz CT molecular complexity index is 488. The van der Waals surface area contributed by atoms with Gasteiger partial charge in [-0.05, 0) is 18.1 Å². The molecular formula is C12H18N4O3. The van der Waals surface area contributed by atoms with Gasteiger partial charge in [-0.3, -0.25) is 20.8 Å². The number of carbonyl (C=O) groups is 1. The van der Waals surface area contributed by atoms with Gasteiger partial charge in [-0.1, -0.05) is 13.8 Å². The van der Waals surface area contributed by atoms with Crippen LogP contribution in [0.25, 0.3) is 0 Å². The lowest BCUT2D eigenvalue weighted by atomic mass is 10.1. The molecule has 0 aliphatic heterocycles. The van der Waals surface area contributed by atoms with Crippen molar-refractivity contribution >= 4 is 17.3 Å². The SMILES string of the molecule is CC(C)CN(C)C(=O)c1ccc(NN)c([N+](=O)[O-])c1. The predicted octanol–water partition coefficient (Wildman–Crippen LogP) is 1.61. The minimum absolute atomic E-state index is 0.174. The average Bonchev–Trinajstić information content (AvgIpc) is 2.36. The molecule has 1 amide bonds. The summed E-state index contributed by atoms with van der Waals surface area (Å²) in [7, 11) is 1.67. The molecule has 104 valence electrons. The number of nitrogens with zero attached hydrogens (tertiary/aromatic N) is 2. The lowest BCUT2D eigenvalue weighted by Crippen LogP contribution is -2.30. The van der Waals surface area contributed by atoms with Crippen LogP contribution in [0.15, 0.2) is 18.2 Å². The van der Waals surface area contributed by atoms with E-state index in [9.17, 15) is 14.9 Å². The van der Waals surface area contributed by atoms with Gasteiger partial charge < -0.3 is 10.3 Å². The Labute approximate surface area is 111 Å². The van der Waals surface area contributed by atoms with Gasteiger partial charge in [0, 0.05) is 25.2 Å². The van der Waals surface area contributed by atoms with Crippen LogP contribution in [-0.2, 0) is 0 Å². The van der Waals surface area contributed by atoms with Gasteiger partial charge in [0.25, 0.3) is 11.6 Å². The van der Waals surface area contributed by atoms with E-state index < -0.39 is 4.92 Å². The molecule has 0 spiro atoms. The Kier molecular flexibility index (Phi) is 4.82. The highest BCUT2D eigenvalue weighted by Crippen LogP contribution is 2.25. The first-order chi connectivity index (χ1) is 8.86. The molecule has 0 aromatic heterocycles. The standard InChI is InChI=1S/C12H18N4O3/c1-8(2)7-15(3)12(17)9-4-5-10(14-13)11(6-9)16(18)19/h4-6,8,14H,7,13H2,1-3H3. The van der Waals surface area contributed by atoms with Crippen molar-refractivity contribution in [1.29, 1.82) is 0 Å². The molecular weight excluding hydrogens is 248 g/mol. The average molecular weight is 266 g/mol. The summed E-state index contributed by atoms with van der Waals surface area (Å²) in [4.78, 5) is 24.0. The van der Waals surface area contributed by atoms with E-state index in [1.165, 1.54) is 18.2 Å². The highest BCUT2D eigenvalue weighted by Gasteiger charge is 2.19. The van der Waals surface area contributed by atoms with Crippen molar-refractivity contribution in [3.8, 4) is 0 Å². The van der Waals surface area contributed by atoms with Gasteiger partial charge in [0.1, 0.15) is 5.69 Å². The van der Waals surface area contributed by atoms with Crippen LogP contribution in [0.5, 0.6) is 0 Å². The minimum atomic E-state index is -0.575. The highest BCUT2D eigenvalue weighted by molar-refractivity contribution is 5.95. The van der Waals surface area contributed by atoms with E-state index in [4.69, 9.17) is 5.84 Å². The molecule has 7 heteroatoms. The van der Waals surface area contributed by atoms with Crippen LogP contribution in [0.3, 0.4) is 0 Å². The molecule has 0 radical (unpaired) electrons. The highest BCUT2D eigenvalue weighted by atomic mass is 16.6. The van der Waals surface area contributed by atoms with Crippen LogP contribution >= 0.6 is 0 Å². The van der Waals surface area contributed by atoms with Crippen LogP contribution in [0.2, 0.25) is 0 Å². The second-order valence-electron chi connectivity index (χ2n) is 4.71. The Morgan fingerprint density at radius 3 is 2.63 bits per heavy atom. The molecule has 0 atom stereocenters. The molecule has 1 aromatic carbocycles. The van der Waals surface area contributed by atoms with Crippen molar-refractivity contribution in [2.45, 2.75) is 13.8 Å². The van der Waals surface area contributed by atoms with Gasteiger partial charge in [0.15, 0.2) is 0 Å². The van der Waals surface area contributed by atoms with Gasteiger partial charge in [0.05, 0.1) is 4.92 Å². The molecule has 1 rings (SSSR count). The molecule has 0 saturated carbocycles. The molecule has 7 nitrogen and oxygen atoms in total. The number of amides is 1. The molecule has 0 fully saturated rings. The summed E-state index contributed by atoms with van der Waals surface area (Å²) in [5, 5.41) is 10.9. The fourth-order valence-corrected chi connectivity index (χ4v) is 1.79. The summed E-state index contributed by atoms with van der Waals surface area (Å²) >= 11 is 0. The van der Waals surface area contributed by atoms with Crippen LogP contribution in [0.1, 0.15) is 24.2 Å². The number of hydrazine groups is 1. The van der Waals surface area contributed by atoms with Gasteiger partial charge in [0.2, 0.25) is 0 Å².